The van der Waals surface area contributed by atoms with E-state index in [-0.39, 0.29) is 12.0 Å². The van der Waals surface area contributed by atoms with Gasteiger partial charge in [-0.15, -0.1) is 11.3 Å². The lowest BCUT2D eigenvalue weighted by molar-refractivity contribution is -0.137. The summed E-state index contributed by atoms with van der Waals surface area (Å²) < 4.78 is 0. The van der Waals surface area contributed by atoms with Gasteiger partial charge < -0.3 is 10.1 Å². The molecule has 0 unspecified atom stereocenters. The maximum absolute atomic E-state index is 12.7. The third-order valence-corrected chi connectivity index (χ3v) is 6.09. The van der Waals surface area contributed by atoms with E-state index in [2.05, 4.69) is 34.2 Å². The fraction of sp³-hybridized carbons (Fsp3) is 0.150. The second-order valence-electron chi connectivity index (χ2n) is 6.11. The number of hydrogen-bond donors (Lipinski definition) is 2. The van der Waals surface area contributed by atoms with E-state index in [9.17, 15) is 9.59 Å². The van der Waals surface area contributed by atoms with Gasteiger partial charge in [-0.3, -0.25) is 9.59 Å². The van der Waals surface area contributed by atoms with Gasteiger partial charge in [0.15, 0.2) is 5.16 Å². The van der Waals surface area contributed by atoms with Crippen molar-refractivity contribution in [2.45, 2.75) is 18.0 Å². The average Bonchev–Trinajstić information content (AvgIpc) is 3.09. The molecule has 0 atom stereocenters. The van der Waals surface area contributed by atoms with E-state index in [1.807, 2.05) is 23.6 Å². The number of thiophene rings is 1. The molecule has 0 aliphatic carbocycles. The topological polar surface area (TPSA) is 83.0 Å². The van der Waals surface area contributed by atoms with Crippen LogP contribution in [0.25, 0.3) is 32.1 Å². The van der Waals surface area contributed by atoms with E-state index in [4.69, 9.17) is 5.11 Å². The molecule has 136 valence electrons. The first-order valence-electron chi connectivity index (χ1n) is 8.47. The molecule has 0 radical (unpaired) electrons. The predicted molar refractivity (Wildman–Crippen MR) is 111 cm³/mol. The number of nitrogens with one attached hydrogen (secondary N) is 1. The van der Waals surface area contributed by atoms with Gasteiger partial charge in [-0.2, -0.15) is 0 Å². The van der Waals surface area contributed by atoms with Crippen molar-refractivity contribution in [3.8, 4) is 11.1 Å². The lowest BCUT2D eigenvalue weighted by Crippen LogP contribution is -2.08. The van der Waals surface area contributed by atoms with Crippen molar-refractivity contribution in [1.29, 1.82) is 0 Å². The molecule has 0 aliphatic rings. The molecule has 7 heteroatoms. The lowest BCUT2D eigenvalue weighted by Gasteiger charge is -2.04. The van der Waals surface area contributed by atoms with Crippen molar-refractivity contribution in [3.63, 3.8) is 0 Å². The van der Waals surface area contributed by atoms with Gasteiger partial charge in [-0.1, -0.05) is 48.2 Å². The van der Waals surface area contributed by atoms with Crippen LogP contribution in [0.3, 0.4) is 0 Å². The fourth-order valence-electron chi connectivity index (χ4n) is 2.96. The van der Waals surface area contributed by atoms with Gasteiger partial charge in [0.2, 0.25) is 0 Å². The number of aromatic amines is 1. The number of thioether (sulfide) groups is 1. The highest BCUT2D eigenvalue weighted by Crippen LogP contribution is 2.33. The number of aliphatic carboxylic acids is 1. The van der Waals surface area contributed by atoms with Crippen molar-refractivity contribution >= 4 is 50.1 Å². The third kappa shape index (κ3) is 3.74. The van der Waals surface area contributed by atoms with Gasteiger partial charge in [-0.25, -0.2) is 4.98 Å². The minimum atomic E-state index is -0.814. The number of nitrogens with zero attached hydrogens (tertiary/aromatic N) is 1. The molecule has 0 bridgehead atoms. The van der Waals surface area contributed by atoms with E-state index >= 15 is 0 Å². The van der Waals surface area contributed by atoms with Crippen molar-refractivity contribution in [2.24, 2.45) is 0 Å². The Bertz CT molecular complexity index is 1200. The summed E-state index contributed by atoms with van der Waals surface area (Å²) in [5.41, 5.74) is 1.72. The quantitative estimate of drug-likeness (QED) is 0.279. The van der Waals surface area contributed by atoms with Gasteiger partial charge in [0.25, 0.3) is 5.56 Å². The molecule has 0 amide bonds. The zero-order valence-corrected chi connectivity index (χ0v) is 15.9. The van der Waals surface area contributed by atoms with Gasteiger partial charge in [0.1, 0.15) is 4.83 Å². The zero-order chi connectivity index (χ0) is 18.8. The fourth-order valence-corrected chi connectivity index (χ4v) is 4.77. The van der Waals surface area contributed by atoms with Crippen LogP contribution in [0.15, 0.2) is 57.8 Å². The molecule has 5 nitrogen and oxygen atoms in total. The van der Waals surface area contributed by atoms with Crippen molar-refractivity contribution < 1.29 is 9.90 Å². The standard InChI is InChI=1S/C20H16N2O3S2/c23-16(24)6-3-9-26-20-21-18(25)17-15(11-27-19(17)22-20)14-8-7-12-4-1-2-5-13(12)10-14/h1-2,4-5,7-8,10-11H,3,6,9H2,(H,23,24)(H,21,22,25). The number of carbonyl (C=O) groups is 1. The molecule has 0 fully saturated rings. The number of benzene rings is 2. The summed E-state index contributed by atoms with van der Waals surface area (Å²) >= 11 is 2.82. The van der Waals surface area contributed by atoms with Gasteiger partial charge in [-0.05, 0) is 28.8 Å². The maximum Gasteiger partial charge on any atom is 0.303 e. The first-order chi connectivity index (χ1) is 13.1. The molecule has 0 aliphatic heterocycles. The molecule has 0 spiro atoms. The maximum atomic E-state index is 12.7. The average molecular weight is 396 g/mol. The molecule has 0 saturated heterocycles. The number of fused-ring (bicyclic) bond motifs is 2. The second-order valence-corrected chi connectivity index (χ2v) is 8.05. The number of rotatable bonds is 6. The number of aromatic nitrogens is 2. The predicted octanol–water partition coefficient (Wildman–Crippen LogP) is 4.76. The summed E-state index contributed by atoms with van der Waals surface area (Å²) in [7, 11) is 0. The molecule has 4 rings (SSSR count). The highest BCUT2D eigenvalue weighted by Gasteiger charge is 2.13. The Hall–Kier alpha value is -2.64. The van der Waals surface area contributed by atoms with E-state index < -0.39 is 5.97 Å². The molecule has 2 aromatic carbocycles. The third-order valence-electron chi connectivity index (χ3n) is 4.26. The Morgan fingerprint density at radius 2 is 2.00 bits per heavy atom. The van der Waals surface area contributed by atoms with Gasteiger partial charge >= 0.3 is 5.97 Å². The summed E-state index contributed by atoms with van der Waals surface area (Å²) in [5.74, 6) is -0.213. The van der Waals surface area contributed by atoms with E-state index in [1.54, 1.807) is 0 Å². The highest BCUT2D eigenvalue weighted by molar-refractivity contribution is 7.99. The lowest BCUT2D eigenvalue weighted by atomic mass is 10.0. The summed E-state index contributed by atoms with van der Waals surface area (Å²) in [4.78, 5) is 31.3. The minimum absolute atomic E-state index is 0.116. The van der Waals surface area contributed by atoms with Crippen LogP contribution in [0.1, 0.15) is 12.8 Å². The molecular weight excluding hydrogens is 380 g/mol. The Labute approximate surface area is 163 Å². The first kappa shape index (κ1) is 17.8. The SMILES string of the molecule is O=C(O)CCCSc1nc2scc(-c3ccc4ccccc4c3)c2c(=O)[nH]1. The Balaban J connectivity index is 1.66. The number of H-pyrrole nitrogens is 1. The summed E-state index contributed by atoms with van der Waals surface area (Å²) in [5, 5.41) is 14.1. The minimum Gasteiger partial charge on any atom is -0.481 e. The van der Waals surface area contributed by atoms with Crippen molar-refractivity contribution in [3.05, 3.63) is 58.2 Å². The summed E-state index contributed by atoms with van der Waals surface area (Å²) in [6, 6.07) is 14.3. The van der Waals surface area contributed by atoms with Crippen molar-refractivity contribution in [1.82, 2.24) is 9.97 Å². The Kier molecular flexibility index (Phi) is 4.96. The van der Waals surface area contributed by atoms with Crippen LogP contribution < -0.4 is 5.56 Å². The first-order valence-corrected chi connectivity index (χ1v) is 10.3. The van der Waals surface area contributed by atoms with Crippen LogP contribution in [-0.2, 0) is 4.79 Å². The summed E-state index contributed by atoms with van der Waals surface area (Å²) in [6.07, 6.45) is 0.652. The van der Waals surface area contributed by atoms with Crippen molar-refractivity contribution in [2.75, 3.05) is 5.75 Å². The molecule has 2 N–H and O–H groups in total. The van der Waals surface area contributed by atoms with Gasteiger partial charge in [0, 0.05) is 23.1 Å². The van der Waals surface area contributed by atoms with E-state index in [1.165, 1.54) is 23.1 Å². The molecule has 2 heterocycles. The monoisotopic (exact) mass is 396 g/mol. The van der Waals surface area contributed by atoms with Crippen LogP contribution in [-0.4, -0.2) is 26.8 Å². The van der Waals surface area contributed by atoms with Crippen LogP contribution in [0.5, 0.6) is 0 Å². The number of hydrogen-bond acceptors (Lipinski definition) is 5. The van der Waals surface area contributed by atoms with Gasteiger partial charge in [0.05, 0.1) is 5.39 Å². The normalized spacial score (nSPS) is 11.3. The van der Waals surface area contributed by atoms with Crippen LogP contribution in [0.4, 0.5) is 0 Å². The second kappa shape index (κ2) is 7.54. The van der Waals surface area contributed by atoms with E-state index in [0.717, 1.165) is 21.9 Å². The van der Waals surface area contributed by atoms with Crippen LogP contribution >= 0.6 is 23.1 Å². The number of carboxylic acids is 1. The largest absolute Gasteiger partial charge is 0.481 e. The smallest absolute Gasteiger partial charge is 0.303 e. The highest BCUT2D eigenvalue weighted by atomic mass is 32.2. The van der Waals surface area contributed by atoms with Crippen LogP contribution in [0, 0.1) is 0 Å². The molecule has 0 saturated carbocycles. The molecule has 2 aromatic heterocycles. The number of carboxylic acid groups (broad SMARTS) is 1. The molecule has 27 heavy (non-hydrogen) atoms. The molecule has 4 aromatic rings. The van der Waals surface area contributed by atoms with E-state index in [0.29, 0.717) is 27.5 Å². The Morgan fingerprint density at radius 3 is 2.81 bits per heavy atom. The zero-order valence-electron chi connectivity index (χ0n) is 14.3. The molecular formula is C20H16N2O3S2. The summed E-state index contributed by atoms with van der Waals surface area (Å²) in [6.45, 7) is 0. The Morgan fingerprint density at radius 1 is 1.19 bits per heavy atom. The van der Waals surface area contributed by atoms with Crippen LogP contribution in [0.2, 0.25) is 0 Å².